The molecule has 2 fully saturated rings. The molecule has 2 saturated carbocycles. The van der Waals surface area contributed by atoms with Crippen molar-refractivity contribution < 1.29 is 5.11 Å². The lowest BCUT2D eigenvalue weighted by Crippen LogP contribution is -2.56. The van der Waals surface area contributed by atoms with Crippen LogP contribution in [0.25, 0.3) is 10.9 Å². The van der Waals surface area contributed by atoms with Crippen molar-refractivity contribution in [3.8, 4) is 12.8 Å². The van der Waals surface area contributed by atoms with Crippen molar-refractivity contribution in [3.63, 3.8) is 0 Å². The Morgan fingerprint density at radius 1 is 1.21 bits per heavy atom. The fourth-order valence-electron chi connectivity index (χ4n) is 6.89. The molecule has 2 heteroatoms. The van der Waals surface area contributed by atoms with Crippen molar-refractivity contribution in [2.75, 3.05) is 0 Å². The van der Waals surface area contributed by atoms with Crippen LogP contribution >= 0.6 is 0 Å². The van der Waals surface area contributed by atoms with Crippen molar-refractivity contribution in [2.45, 2.75) is 86.2 Å². The van der Waals surface area contributed by atoms with Crippen LogP contribution < -0.4 is 0 Å². The number of aliphatic hydroxyl groups is 1. The third kappa shape index (κ3) is 4.99. The number of aliphatic hydroxyl groups excluding tert-OH is 1. The second-order valence-corrected chi connectivity index (χ2v) is 10.8. The van der Waals surface area contributed by atoms with Gasteiger partial charge in [-0.1, -0.05) is 63.3 Å². The Labute approximate surface area is 202 Å². The van der Waals surface area contributed by atoms with Crippen LogP contribution in [0.5, 0.6) is 0 Å². The number of aromatic nitrogens is 1. The molecule has 2 nitrogen and oxygen atoms in total. The summed E-state index contributed by atoms with van der Waals surface area (Å²) in [7, 11) is 0. The molecule has 33 heavy (non-hydrogen) atoms. The number of aromatic amines is 1. The van der Waals surface area contributed by atoms with Crippen molar-refractivity contribution in [3.05, 3.63) is 59.8 Å². The highest BCUT2D eigenvalue weighted by Crippen LogP contribution is 2.62. The van der Waals surface area contributed by atoms with Gasteiger partial charge in [-0.2, -0.15) is 0 Å². The summed E-state index contributed by atoms with van der Waals surface area (Å²) in [6.07, 6.45) is 19.8. The van der Waals surface area contributed by atoms with Gasteiger partial charge in [0, 0.05) is 17.1 Å². The van der Waals surface area contributed by atoms with Gasteiger partial charge in [0.1, 0.15) is 0 Å². The molecule has 5 atom stereocenters. The summed E-state index contributed by atoms with van der Waals surface area (Å²) in [5, 5.41) is 12.5. The zero-order chi connectivity index (χ0) is 23.5. The van der Waals surface area contributed by atoms with E-state index in [0.717, 1.165) is 38.5 Å². The number of rotatable bonds is 5. The highest BCUT2D eigenvalue weighted by molar-refractivity contribution is 5.83. The van der Waals surface area contributed by atoms with Gasteiger partial charge in [0.05, 0.1) is 6.10 Å². The van der Waals surface area contributed by atoms with Crippen LogP contribution in [0.2, 0.25) is 0 Å². The molecular weight excluding hydrogens is 402 g/mol. The Morgan fingerprint density at radius 3 is 2.61 bits per heavy atom. The number of allylic oxidation sites excluding steroid dienone is 3. The van der Waals surface area contributed by atoms with Crippen LogP contribution in [0.15, 0.2) is 54.3 Å². The third-order valence-electron chi connectivity index (χ3n) is 8.69. The topological polar surface area (TPSA) is 36.0 Å². The summed E-state index contributed by atoms with van der Waals surface area (Å²) in [5.74, 6) is 1.02. The average Bonchev–Trinajstić information content (AvgIpc) is 3.18. The van der Waals surface area contributed by atoms with Crippen molar-refractivity contribution in [1.29, 1.82) is 0 Å². The number of hydrogen-bond donors (Lipinski definition) is 2. The van der Waals surface area contributed by atoms with Crippen LogP contribution in [0.1, 0.15) is 79.2 Å². The predicted molar refractivity (Wildman–Crippen MR) is 144 cm³/mol. The van der Waals surface area contributed by atoms with E-state index in [1.54, 1.807) is 0 Å². The standard InChI is InChI=1S/C28H39NO.C2H2.CH4/c1-19(2)9-8-15-28(5)25-13-12-20(3)23(27(25,4)16-14-26(28)30)17-21-18-29-24-11-7-6-10-22(21)24;1-2;/h6-7,9-11,18,23,25-26,29-30H,3,8,12-17H2,1-2,4-5H3;1-2H;1H4/t23-,25?,26+,27-,28+;;/m1../s1. The highest BCUT2D eigenvalue weighted by atomic mass is 16.3. The third-order valence-corrected chi connectivity index (χ3v) is 8.69. The molecule has 1 unspecified atom stereocenters. The molecule has 1 aromatic carbocycles. The number of nitrogens with one attached hydrogen (secondary N) is 1. The van der Waals surface area contributed by atoms with Crippen LogP contribution in [-0.2, 0) is 6.42 Å². The first kappa shape index (κ1) is 27.0. The predicted octanol–water partition coefficient (Wildman–Crippen LogP) is 8.09. The van der Waals surface area contributed by atoms with E-state index in [1.165, 1.54) is 34.0 Å². The summed E-state index contributed by atoms with van der Waals surface area (Å²) in [6, 6.07) is 8.63. The first-order valence-electron chi connectivity index (χ1n) is 12.1. The van der Waals surface area contributed by atoms with E-state index < -0.39 is 0 Å². The van der Waals surface area contributed by atoms with Gasteiger partial charge in [-0.05, 0) is 93.1 Å². The number of hydrogen-bond acceptors (Lipinski definition) is 1. The summed E-state index contributed by atoms with van der Waals surface area (Å²) in [4.78, 5) is 3.46. The normalized spacial score (nSPS) is 31.0. The fourth-order valence-corrected chi connectivity index (χ4v) is 6.89. The van der Waals surface area contributed by atoms with Gasteiger partial charge in [0.25, 0.3) is 0 Å². The summed E-state index contributed by atoms with van der Waals surface area (Å²) in [6.45, 7) is 13.8. The molecule has 2 aliphatic rings. The minimum absolute atomic E-state index is 0. The molecule has 0 saturated heterocycles. The van der Waals surface area contributed by atoms with E-state index in [2.05, 4.69) is 88.6 Å². The second-order valence-electron chi connectivity index (χ2n) is 10.8. The monoisotopic (exact) mass is 447 g/mol. The molecule has 1 heterocycles. The van der Waals surface area contributed by atoms with Crippen molar-refractivity contribution in [1.82, 2.24) is 4.98 Å². The number of benzene rings is 1. The molecule has 180 valence electrons. The Balaban J connectivity index is 0.00000125. The van der Waals surface area contributed by atoms with Crippen LogP contribution in [0.4, 0.5) is 0 Å². The lowest BCUT2D eigenvalue weighted by atomic mass is 9.45. The molecular formula is C31H45NO. The summed E-state index contributed by atoms with van der Waals surface area (Å²) in [5.41, 5.74) is 5.62. The summed E-state index contributed by atoms with van der Waals surface area (Å²) >= 11 is 0. The van der Waals surface area contributed by atoms with Crippen molar-refractivity contribution in [2.24, 2.45) is 22.7 Å². The van der Waals surface area contributed by atoms with Gasteiger partial charge in [-0.25, -0.2) is 0 Å². The Morgan fingerprint density at radius 2 is 1.91 bits per heavy atom. The zero-order valence-electron chi connectivity index (χ0n) is 20.5. The van der Waals surface area contributed by atoms with Crippen molar-refractivity contribution >= 4 is 10.9 Å². The van der Waals surface area contributed by atoms with E-state index in [-0.39, 0.29) is 24.4 Å². The lowest BCUT2D eigenvalue weighted by molar-refractivity contribution is -0.136. The van der Waals surface area contributed by atoms with E-state index in [0.29, 0.717) is 11.8 Å². The molecule has 2 aromatic rings. The lowest BCUT2D eigenvalue weighted by Gasteiger charge is -2.60. The van der Waals surface area contributed by atoms with E-state index in [9.17, 15) is 5.11 Å². The second kappa shape index (κ2) is 10.8. The van der Waals surface area contributed by atoms with Gasteiger partial charge in [-0.15, -0.1) is 12.8 Å². The van der Waals surface area contributed by atoms with E-state index >= 15 is 0 Å². The molecule has 0 radical (unpaired) electrons. The molecule has 2 aliphatic carbocycles. The maximum absolute atomic E-state index is 11.1. The van der Waals surface area contributed by atoms with Gasteiger partial charge in [-0.3, -0.25) is 0 Å². The summed E-state index contributed by atoms with van der Waals surface area (Å²) < 4.78 is 0. The number of fused-ring (bicyclic) bond motifs is 2. The first-order chi connectivity index (χ1) is 15.3. The number of terminal acetylenes is 1. The van der Waals surface area contributed by atoms with Gasteiger partial charge >= 0.3 is 0 Å². The minimum atomic E-state index is -0.193. The fraction of sp³-hybridized carbons (Fsp3) is 0.548. The van der Waals surface area contributed by atoms with Crippen LogP contribution in [-0.4, -0.2) is 16.2 Å². The Hall–Kier alpha value is -2.24. The van der Waals surface area contributed by atoms with Crippen LogP contribution in [0, 0.1) is 35.5 Å². The minimum Gasteiger partial charge on any atom is -0.393 e. The van der Waals surface area contributed by atoms with E-state index in [4.69, 9.17) is 0 Å². The SMILES string of the molecule is C.C#C.C=C1CCC2[C@](C)(CC[C@H](O)[C@@]2(C)CCC=C(C)C)[C@@H]1Cc1c[nH]c2ccccc12. The maximum Gasteiger partial charge on any atom is 0.0597 e. The number of H-pyrrole nitrogens is 1. The maximum atomic E-state index is 11.1. The van der Waals surface area contributed by atoms with Crippen LogP contribution in [0.3, 0.4) is 0 Å². The van der Waals surface area contributed by atoms with E-state index in [1.807, 2.05) is 0 Å². The highest BCUT2D eigenvalue weighted by Gasteiger charge is 2.57. The quantitative estimate of drug-likeness (QED) is 0.352. The molecule has 1 aromatic heterocycles. The number of para-hydroxylation sites is 1. The average molecular weight is 448 g/mol. The molecule has 0 spiro atoms. The Bertz CT molecular complexity index is 991. The molecule has 4 rings (SSSR count). The smallest absolute Gasteiger partial charge is 0.0597 e. The molecule has 0 aliphatic heterocycles. The zero-order valence-corrected chi connectivity index (χ0v) is 20.5. The molecule has 0 bridgehead atoms. The molecule has 2 N–H and O–H groups in total. The van der Waals surface area contributed by atoms with Gasteiger partial charge in [0.2, 0.25) is 0 Å². The Kier molecular flexibility index (Phi) is 8.83. The van der Waals surface area contributed by atoms with Gasteiger partial charge < -0.3 is 10.1 Å². The largest absolute Gasteiger partial charge is 0.393 e. The van der Waals surface area contributed by atoms with Gasteiger partial charge in [0.15, 0.2) is 0 Å². The molecule has 0 amide bonds. The first-order valence-corrected chi connectivity index (χ1v) is 12.1.